The molecule has 19 heavy (non-hydrogen) atoms. The summed E-state index contributed by atoms with van der Waals surface area (Å²) in [5, 5.41) is 5.78. The quantitative estimate of drug-likeness (QED) is 0.667. The molecule has 1 aliphatic rings. The topological polar surface area (TPSA) is 78.5 Å². The summed E-state index contributed by atoms with van der Waals surface area (Å²) in [4.78, 5) is 35.9. The van der Waals surface area contributed by atoms with Crippen molar-refractivity contribution in [3.8, 4) is 0 Å². The van der Waals surface area contributed by atoms with Crippen LogP contribution in [-0.4, -0.2) is 48.3 Å². The summed E-state index contributed by atoms with van der Waals surface area (Å²) in [7, 11) is 1.47. The lowest BCUT2D eigenvalue weighted by atomic mass is 10.0. The van der Waals surface area contributed by atoms with Gasteiger partial charge in [0.1, 0.15) is 0 Å². The number of piperidine rings is 1. The van der Waals surface area contributed by atoms with E-state index in [9.17, 15) is 14.4 Å². The molecule has 0 aromatic rings. The summed E-state index contributed by atoms with van der Waals surface area (Å²) in [6.07, 6.45) is 2.75. The molecule has 0 bridgehead atoms. The van der Waals surface area contributed by atoms with E-state index >= 15 is 0 Å². The summed E-state index contributed by atoms with van der Waals surface area (Å²) < 4.78 is 0. The first-order valence-electron chi connectivity index (χ1n) is 6.78. The zero-order valence-corrected chi connectivity index (χ0v) is 11.9. The zero-order chi connectivity index (χ0) is 14.4. The van der Waals surface area contributed by atoms with Crippen molar-refractivity contribution in [3.63, 3.8) is 0 Å². The van der Waals surface area contributed by atoms with Gasteiger partial charge in [0.05, 0.1) is 12.6 Å². The molecule has 0 aromatic heterocycles. The monoisotopic (exact) mass is 269 g/mol. The molecule has 1 fully saturated rings. The standard InChI is InChI=1S/C13H23N3O3/c1-4-5-9(2)15-11(17)8-14-10-6-7-12(18)16(3)13(10)19/h9-10,14H,4-8H2,1-3H3,(H,15,17). The summed E-state index contributed by atoms with van der Waals surface area (Å²) in [5.41, 5.74) is 0. The van der Waals surface area contributed by atoms with Gasteiger partial charge < -0.3 is 5.32 Å². The van der Waals surface area contributed by atoms with Gasteiger partial charge in [0.2, 0.25) is 17.7 Å². The molecule has 0 spiro atoms. The van der Waals surface area contributed by atoms with Gasteiger partial charge in [-0.3, -0.25) is 24.6 Å². The number of rotatable bonds is 6. The number of nitrogens with zero attached hydrogens (tertiary/aromatic N) is 1. The fourth-order valence-electron chi connectivity index (χ4n) is 2.15. The summed E-state index contributed by atoms with van der Waals surface area (Å²) >= 11 is 0. The molecule has 0 saturated carbocycles. The number of likely N-dealkylation sites (N-methyl/N-ethyl adjacent to an activating group) is 1. The molecule has 2 atom stereocenters. The van der Waals surface area contributed by atoms with Gasteiger partial charge in [-0.15, -0.1) is 0 Å². The number of hydrogen-bond donors (Lipinski definition) is 2. The molecule has 1 aliphatic heterocycles. The molecular formula is C13H23N3O3. The smallest absolute Gasteiger partial charge is 0.246 e. The third-order valence-corrected chi connectivity index (χ3v) is 3.29. The summed E-state index contributed by atoms with van der Waals surface area (Å²) in [5.74, 6) is -0.539. The van der Waals surface area contributed by atoms with Crippen LogP contribution in [0.3, 0.4) is 0 Å². The number of nitrogens with one attached hydrogen (secondary N) is 2. The van der Waals surface area contributed by atoms with E-state index in [1.54, 1.807) is 0 Å². The SMILES string of the molecule is CCCC(C)NC(=O)CNC1CCC(=O)N(C)C1=O. The Balaban J connectivity index is 2.34. The largest absolute Gasteiger partial charge is 0.353 e. The lowest BCUT2D eigenvalue weighted by Gasteiger charge is -2.28. The molecule has 108 valence electrons. The van der Waals surface area contributed by atoms with Crippen LogP contribution in [-0.2, 0) is 14.4 Å². The highest BCUT2D eigenvalue weighted by molar-refractivity contribution is 6.00. The minimum atomic E-state index is -0.435. The van der Waals surface area contributed by atoms with Crippen molar-refractivity contribution in [1.82, 2.24) is 15.5 Å². The van der Waals surface area contributed by atoms with Crippen LogP contribution in [0.1, 0.15) is 39.5 Å². The second-order valence-electron chi connectivity index (χ2n) is 5.02. The third-order valence-electron chi connectivity index (χ3n) is 3.29. The Morgan fingerprint density at radius 3 is 2.79 bits per heavy atom. The van der Waals surface area contributed by atoms with Crippen molar-refractivity contribution in [3.05, 3.63) is 0 Å². The van der Waals surface area contributed by atoms with Crippen molar-refractivity contribution in [1.29, 1.82) is 0 Å². The van der Waals surface area contributed by atoms with Gasteiger partial charge in [-0.05, 0) is 19.8 Å². The van der Waals surface area contributed by atoms with Crippen LogP contribution in [0.15, 0.2) is 0 Å². The van der Waals surface area contributed by atoms with Crippen LogP contribution in [0.2, 0.25) is 0 Å². The predicted octanol–water partition coefficient (Wildman–Crippen LogP) is 0.0282. The number of amides is 3. The van der Waals surface area contributed by atoms with Crippen LogP contribution in [0.25, 0.3) is 0 Å². The Labute approximate surface area is 113 Å². The highest BCUT2D eigenvalue weighted by Crippen LogP contribution is 2.10. The van der Waals surface area contributed by atoms with E-state index in [-0.39, 0.29) is 30.3 Å². The van der Waals surface area contributed by atoms with Crippen molar-refractivity contribution >= 4 is 17.7 Å². The van der Waals surface area contributed by atoms with Crippen LogP contribution < -0.4 is 10.6 Å². The second kappa shape index (κ2) is 7.23. The number of likely N-dealkylation sites (tertiary alicyclic amines) is 1. The predicted molar refractivity (Wildman–Crippen MR) is 71.3 cm³/mol. The van der Waals surface area contributed by atoms with Gasteiger partial charge >= 0.3 is 0 Å². The molecule has 3 amide bonds. The maximum absolute atomic E-state index is 11.8. The molecule has 1 heterocycles. The first-order chi connectivity index (χ1) is 8.95. The average molecular weight is 269 g/mol. The molecule has 0 aromatic carbocycles. The lowest BCUT2D eigenvalue weighted by Crippen LogP contribution is -2.53. The van der Waals surface area contributed by atoms with Crippen LogP contribution in [0.4, 0.5) is 0 Å². The van der Waals surface area contributed by atoms with Crippen molar-refractivity contribution in [2.75, 3.05) is 13.6 Å². The highest BCUT2D eigenvalue weighted by Gasteiger charge is 2.31. The van der Waals surface area contributed by atoms with Crippen molar-refractivity contribution in [2.45, 2.75) is 51.6 Å². The number of hydrogen-bond acceptors (Lipinski definition) is 4. The summed E-state index contributed by atoms with van der Waals surface area (Å²) in [6.45, 7) is 4.13. The van der Waals surface area contributed by atoms with E-state index in [0.717, 1.165) is 17.7 Å². The molecule has 2 N–H and O–H groups in total. The minimum Gasteiger partial charge on any atom is -0.353 e. The van der Waals surface area contributed by atoms with E-state index in [1.807, 2.05) is 6.92 Å². The molecule has 2 unspecified atom stereocenters. The molecule has 0 aliphatic carbocycles. The van der Waals surface area contributed by atoms with Gasteiger partial charge in [-0.2, -0.15) is 0 Å². The molecule has 6 nitrogen and oxygen atoms in total. The van der Waals surface area contributed by atoms with E-state index in [2.05, 4.69) is 17.6 Å². The van der Waals surface area contributed by atoms with Gasteiger partial charge in [0.15, 0.2) is 0 Å². The first kappa shape index (κ1) is 15.6. The average Bonchev–Trinajstić information content (AvgIpc) is 2.35. The van der Waals surface area contributed by atoms with E-state index in [0.29, 0.717) is 12.8 Å². The Kier molecular flexibility index (Phi) is 5.95. The molecule has 1 rings (SSSR count). The second-order valence-corrected chi connectivity index (χ2v) is 5.02. The highest BCUT2D eigenvalue weighted by atomic mass is 16.2. The fourth-order valence-corrected chi connectivity index (χ4v) is 2.15. The summed E-state index contributed by atoms with van der Waals surface area (Å²) in [6, 6.07) is -0.291. The zero-order valence-electron chi connectivity index (χ0n) is 11.9. The Bertz CT molecular complexity index is 357. The van der Waals surface area contributed by atoms with E-state index < -0.39 is 6.04 Å². The van der Waals surface area contributed by atoms with Gasteiger partial charge in [0, 0.05) is 19.5 Å². The van der Waals surface area contributed by atoms with Gasteiger partial charge in [-0.1, -0.05) is 13.3 Å². The van der Waals surface area contributed by atoms with Crippen LogP contribution in [0, 0.1) is 0 Å². The fraction of sp³-hybridized carbons (Fsp3) is 0.769. The van der Waals surface area contributed by atoms with Gasteiger partial charge in [0.25, 0.3) is 0 Å². The number of carbonyl (C=O) groups is 3. The molecule has 6 heteroatoms. The van der Waals surface area contributed by atoms with E-state index in [1.165, 1.54) is 7.05 Å². The Morgan fingerprint density at radius 1 is 1.47 bits per heavy atom. The minimum absolute atomic E-state index is 0.104. The van der Waals surface area contributed by atoms with Crippen molar-refractivity contribution in [2.24, 2.45) is 0 Å². The van der Waals surface area contributed by atoms with E-state index in [4.69, 9.17) is 0 Å². The van der Waals surface area contributed by atoms with Gasteiger partial charge in [-0.25, -0.2) is 0 Å². The molecule has 1 saturated heterocycles. The van der Waals surface area contributed by atoms with Crippen molar-refractivity contribution < 1.29 is 14.4 Å². The maximum atomic E-state index is 11.8. The molecular weight excluding hydrogens is 246 g/mol. The number of carbonyl (C=O) groups excluding carboxylic acids is 3. The Hall–Kier alpha value is -1.43. The lowest BCUT2D eigenvalue weighted by molar-refractivity contribution is -0.148. The normalized spacial score (nSPS) is 21.4. The third kappa shape index (κ3) is 4.63. The number of imide groups is 1. The molecule has 0 radical (unpaired) electrons. The maximum Gasteiger partial charge on any atom is 0.246 e. The Morgan fingerprint density at radius 2 is 2.16 bits per heavy atom. The first-order valence-corrected chi connectivity index (χ1v) is 6.78. The van der Waals surface area contributed by atoms with Crippen LogP contribution in [0.5, 0.6) is 0 Å². The van der Waals surface area contributed by atoms with Crippen LogP contribution >= 0.6 is 0 Å².